The molecule has 0 aliphatic heterocycles. The Morgan fingerprint density at radius 3 is 2.45 bits per heavy atom. The summed E-state index contributed by atoms with van der Waals surface area (Å²) < 4.78 is 0. The van der Waals surface area contributed by atoms with E-state index in [1.807, 2.05) is 6.08 Å². The lowest BCUT2D eigenvalue weighted by atomic mass is 9.43. The molecular weight excluding hydrogens is 272 g/mol. The second-order valence-corrected chi connectivity index (χ2v) is 9.16. The molecule has 0 aromatic heterocycles. The molecule has 0 radical (unpaired) electrons. The molecule has 2 saturated carbocycles. The van der Waals surface area contributed by atoms with E-state index in [1.165, 1.54) is 0 Å². The number of rotatable bonds is 1. The van der Waals surface area contributed by atoms with Gasteiger partial charge in [-0.1, -0.05) is 39.8 Å². The van der Waals surface area contributed by atoms with Crippen LogP contribution in [-0.2, 0) is 0 Å². The molecule has 0 amide bonds. The van der Waals surface area contributed by atoms with Crippen molar-refractivity contribution in [1.29, 1.82) is 0 Å². The topological polar surface area (TPSA) is 40.5 Å². The van der Waals surface area contributed by atoms with E-state index in [0.717, 1.165) is 44.1 Å². The molecule has 3 aliphatic rings. The van der Waals surface area contributed by atoms with Gasteiger partial charge in [0.2, 0.25) is 0 Å². The Kier molecular flexibility index (Phi) is 3.48. The zero-order chi connectivity index (χ0) is 16.4. The van der Waals surface area contributed by atoms with Gasteiger partial charge in [-0.15, -0.1) is 6.58 Å². The largest absolute Gasteiger partial charge is 0.392 e. The summed E-state index contributed by atoms with van der Waals surface area (Å²) in [5.74, 6) is 0.374. The van der Waals surface area contributed by atoms with Gasteiger partial charge < -0.3 is 10.2 Å². The minimum atomic E-state index is -0.852. The lowest BCUT2D eigenvalue weighted by Crippen LogP contribution is -2.66. The molecule has 0 aromatic rings. The third-order valence-electron chi connectivity index (χ3n) is 7.54. The fraction of sp³-hybridized carbons (Fsp3) is 0.800. The van der Waals surface area contributed by atoms with Gasteiger partial charge in [-0.05, 0) is 55.4 Å². The van der Waals surface area contributed by atoms with E-state index in [4.69, 9.17) is 0 Å². The van der Waals surface area contributed by atoms with Gasteiger partial charge in [0, 0.05) is 10.8 Å². The number of aliphatic hydroxyl groups is 2. The first kappa shape index (κ1) is 16.3. The molecule has 0 bridgehead atoms. The van der Waals surface area contributed by atoms with E-state index in [2.05, 4.69) is 40.3 Å². The van der Waals surface area contributed by atoms with Crippen molar-refractivity contribution in [1.82, 2.24) is 0 Å². The molecule has 3 rings (SSSR count). The highest BCUT2D eigenvalue weighted by Crippen LogP contribution is 2.65. The molecule has 2 N–H and O–H groups in total. The average Bonchev–Trinajstić information content (AvgIpc) is 2.46. The summed E-state index contributed by atoms with van der Waals surface area (Å²) in [6, 6.07) is 0. The normalized spacial score (nSPS) is 50.5. The molecule has 22 heavy (non-hydrogen) atoms. The van der Waals surface area contributed by atoms with E-state index in [-0.39, 0.29) is 10.8 Å². The minimum Gasteiger partial charge on any atom is -0.392 e. The van der Waals surface area contributed by atoms with Crippen LogP contribution >= 0.6 is 0 Å². The fourth-order valence-electron chi connectivity index (χ4n) is 5.84. The van der Waals surface area contributed by atoms with Gasteiger partial charge in [0.1, 0.15) is 0 Å². The van der Waals surface area contributed by atoms with Gasteiger partial charge in [0.15, 0.2) is 0 Å². The van der Waals surface area contributed by atoms with Crippen LogP contribution in [0.2, 0.25) is 0 Å². The van der Waals surface area contributed by atoms with Crippen LogP contribution in [-0.4, -0.2) is 21.9 Å². The smallest absolute Gasteiger partial charge is 0.0938 e. The molecule has 0 unspecified atom stereocenters. The highest BCUT2D eigenvalue weighted by atomic mass is 16.3. The van der Waals surface area contributed by atoms with Crippen molar-refractivity contribution < 1.29 is 10.2 Å². The zero-order valence-corrected chi connectivity index (χ0v) is 14.7. The van der Waals surface area contributed by atoms with Gasteiger partial charge in [-0.2, -0.15) is 0 Å². The summed E-state index contributed by atoms with van der Waals surface area (Å²) in [7, 11) is 0. The Balaban J connectivity index is 2.11. The van der Waals surface area contributed by atoms with Crippen LogP contribution in [0.25, 0.3) is 0 Å². The molecule has 124 valence electrons. The number of hydrogen-bond donors (Lipinski definition) is 2. The molecule has 0 spiro atoms. The fourth-order valence-corrected chi connectivity index (χ4v) is 5.84. The molecule has 0 heterocycles. The Labute approximate surface area is 135 Å². The standard InChI is InChI=1S/C20H32O2/c1-6-18(4)11-12-20(22)14(13-18)7-8-15-17(2,3)10-9-16(21)19(15,20)5/h6,13,15-16,21-22H,1,7-12H2,2-5H3/t15-,16+,18+,19-,20-/m1/s1. The van der Waals surface area contributed by atoms with Crippen LogP contribution in [0.5, 0.6) is 0 Å². The quantitative estimate of drug-likeness (QED) is 0.712. The van der Waals surface area contributed by atoms with Crippen molar-refractivity contribution in [3.8, 4) is 0 Å². The number of hydrogen-bond acceptors (Lipinski definition) is 2. The maximum Gasteiger partial charge on any atom is 0.0938 e. The Morgan fingerprint density at radius 2 is 1.82 bits per heavy atom. The third-order valence-corrected chi connectivity index (χ3v) is 7.54. The molecule has 0 saturated heterocycles. The van der Waals surface area contributed by atoms with E-state index < -0.39 is 17.1 Å². The van der Waals surface area contributed by atoms with Crippen LogP contribution in [0.3, 0.4) is 0 Å². The van der Waals surface area contributed by atoms with Gasteiger partial charge in [-0.3, -0.25) is 0 Å². The van der Waals surface area contributed by atoms with Crippen LogP contribution in [0.1, 0.15) is 66.2 Å². The molecule has 0 aromatic carbocycles. The van der Waals surface area contributed by atoms with Crippen molar-refractivity contribution in [2.45, 2.75) is 77.9 Å². The van der Waals surface area contributed by atoms with Gasteiger partial charge in [0.05, 0.1) is 11.7 Å². The first-order chi connectivity index (χ1) is 10.1. The average molecular weight is 304 g/mol. The Hall–Kier alpha value is -0.600. The van der Waals surface area contributed by atoms with Gasteiger partial charge in [0.25, 0.3) is 0 Å². The summed E-state index contributed by atoms with van der Waals surface area (Å²) in [4.78, 5) is 0. The molecular formula is C20H32O2. The van der Waals surface area contributed by atoms with Gasteiger partial charge in [-0.25, -0.2) is 0 Å². The maximum atomic E-state index is 11.7. The van der Waals surface area contributed by atoms with E-state index in [0.29, 0.717) is 5.92 Å². The summed E-state index contributed by atoms with van der Waals surface area (Å²) in [6.07, 6.45) is 9.37. The van der Waals surface area contributed by atoms with E-state index in [1.54, 1.807) is 0 Å². The molecule has 2 nitrogen and oxygen atoms in total. The summed E-state index contributed by atoms with van der Waals surface area (Å²) >= 11 is 0. The van der Waals surface area contributed by atoms with Crippen LogP contribution in [0.15, 0.2) is 24.3 Å². The van der Waals surface area contributed by atoms with Crippen molar-refractivity contribution in [2.75, 3.05) is 0 Å². The van der Waals surface area contributed by atoms with Crippen LogP contribution < -0.4 is 0 Å². The van der Waals surface area contributed by atoms with Gasteiger partial charge >= 0.3 is 0 Å². The monoisotopic (exact) mass is 304 g/mol. The third kappa shape index (κ3) is 1.93. The van der Waals surface area contributed by atoms with Crippen LogP contribution in [0, 0.1) is 22.2 Å². The first-order valence-corrected chi connectivity index (χ1v) is 8.85. The molecule has 5 atom stereocenters. The number of fused-ring (bicyclic) bond motifs is 3. The van der Waals surface area contributed by atoms with E-state index >= 15 is 0 Å². The number of allylic oxidation sites excluding steroid dienone is 2. The van der Waals surface area contributed by atoms with Crippen molar-refractivity contribution in [3.63, 3.8) is 0 Å². The predicted molar refractivity (Wildman–Crippen MR) is 90.4 cm³/mol. The number of aliphatic hydroxyl groups excluding tert-OH is 1. The van der Waals surface area contributed by atoms with Crippen molar-refractivity contribution in [2.24, 2.45) is 22.2 Å². The summed E-state index contributed by atoms with van der Waals surface area (Å²) in [5, 5.41) is 22.6. The van der Waals surface area contributed by atoms with Crippen LogP contribution in [0.4, 0.5) is 0 Å². The van der Waals surface area contributed by atoms with Crippen molar-refractivity contribution >= 4 is 0 Å². The summed E-state index contributed by atoms with van der Waals surface area (Å²) in [5.41, 5.74) is 0.0437. The Bertz CT molecular complexity index is 520. The lowest BCUT2D eigenvalue weighted by molar-refractivity contribution is -0.214. The van der Waals surface area contributed by atoms with Crippen molar-refractivity contribution in [3.05, 3.63) is 24.3 Å². The van der Waals surface area contributed by atoms with E-state index in [9.17, 15) is 10.2 Å². The molecule has 2 fully saturated rings. The second-order valence-electron chi connectivity index (χ2n) is 9.16. The highest BCUT2D eigenvalue weighted by molar-refractivity contribution is 5.34. The SMILES string of the molecule is C=C[C@]1(C)C=C2CC[C@@H]3C(C)(C)CC[C@H](O)[C@]3(C)[C@@]2(O)CC1. The first-order valence-electron chi connectivity index (χ1n) is 8.85. The zero-order valence-electron chi connectivity index (χ0n) is 14.7. The molecule has 3 aliphatic carbocycles. The lowest BCUT2D eigenvalue weighted by Gasteiger charge is -2.64. The second kappa shape index (κ2) is 4.70. The summed E-state index contributed by atoms with van der Waals surface area (Å²) in [6.45, 7) is 13.0. The predicted octanol–water partition coefficient (Wildman–Crippen LogP) is 4.23. The Morgan fingerprint density at radius 1 is 1.14 bits per heavy atom. The minimum absolute atomic E-state index is 0.0140. The molecule has 2 heteroatoms. The highest BCUT2D eigenvalue weighted by Gasteiger charge is 2.65. The maximum absolute atomic E-state index is 11.7.